The first-order chi connectivity index (χ1) is 14.4. The topological polar surface area (TPSA) is 75.2 Å². The van der Waals surface area contributed by atoms with Gasteiger partial charge in [0.05, 0.1) is 5.41 Å². The van der Waals surface area contributed by atoms with Crippen LogP contribution in [0.25, 0.3) is 11.1 Å². The molecule has 6 heteroatoms. The van der Waals surface area contributed by atoms with E-state index in [1.165, 1.54) is 6.33 Å². The Morgan fingerprint density at radius 2 is 1.93 bits per heavy atom. The van der Waals surface area contributed by atoms with Crippen LogP contribution in [0.1, 0.15) is 52.0 Å². The van der Waals surface area contributed by atoms with Crippen LogP contribution >= 0.6 is 0 Å². The number of nitrogens with one attached hydrogen (secondary N) is 1. The molecule has 1 atom stereocenters. The second kappa shape index (κ2) is 9.83. The van der Waals surface area contributed by atoms with Crippen molar-refractivity contribution in [1.82, 2.24) is 20.2 Å². The third kappa shape index (κ3) is 5.04. The first-order valence-electron chi connectivity index (χ1n) is 10.9. The lowest BCUT2D eigenvalue weighted by atomic mass is 9.73. The Bertz CT molecular complexity index is 869. The highest BCUT2D eigenvalue weighted by Gasteiger charge is 2.43. The highest BCUT2D eigenvalue weighted by atomic mass is 16.2. The van der Waals surface area contributed by atoms with Crippen LogP contribution in [0.2, 0.25) is 0 Å². The number of hydrogen-bond acceptors (Lipinski definition) is 4. The number of piperidine rings is 1. The lowest BCUT2D eigenvalue weighted by Crippen LogP contribution is -2.55. The number of carbonyl (C=O) groups excluding carboxylic acids is 2. The Morgan fingerprint density at radius 1 is 1.20 bits per heavy atom. The van der Waals surface area contributed by atoms with E-state index in [-0.39, 0.29) is 17.9 Å². The maximum absolute atomic E-state index is 13.4. The Kier molecular flexibility index (Phi) is 7.19. The number of carbonyl (C=O) groups is 2. The Labute approximate surface area is 179 Å². The molecule has 2 amide bonds. The molecule has 1 aromatic heterocycles. The van der Waals surface area contributed by atoms with Crippen molar-refractivity contribution in [3.05, 3.63) is 48.5 Å². The van der Waals surface area contributed by atoms with E-state index in [0.717, 1.165) is 42.5 Å². The fraction of sp³-hybridized carbons (Fsp3) is 0.500. The highest BCUT2D eigenvalue weighted by Crippen LogP contribution is 2.37. The molecule has 0 bridgehead atoms. The molecule has 1 N–H and O–H groups in total. The van der Waals surface area contributed by atoms with Crippen molar-refractivity contribution in [1.29, 1.82) is 0 Å². The van der Waals surface area contributed by atoms with Crippen LogP contribution in [0.4, 0.5) is 0 Å². The fourth-order valence-corrected chi connectivity index (χ4v) is 4.30. The van der Waals surface area contributed by atoms with Gasteiger partial charge >= 0.3 is 0 Å². The minimum absolute atomic E-state index is 0.0330. The number of benzene rings is 1. The van der Waals surface area contributed by atoms with Crippen molar-refractivity contribution in [3.8, 4) is 11.1 Å². The summed E-state index contributed by atoms with van der Waals surface area (Å²) in [5.41, 5.74) is 2.41. The van der Waals surface area contributed by atoms with Gasteiger partial charge in [-0.15, -0.1) is 0 Å². The van der Waals surface area contributed by atoms with E-state index in [1.54, 1.807) is 12.4 Å². The van der Waals surface area contributed by atoms with E-state index in [9.17, 15) is 9.59 Å². The van der Waals surface area contributed by atoms with Gasteiger partial charge < -0.3 is 10.2 Å². The van der Waals surface area contributed by atoms with Gasteiger partial charge in [0.25, 0.3) is 0 Å². The second-order valence-corrected chi connectivity index (χ2v) is 8.54. The van der Waals surface area contributed by atoms with Crippen LogP contribution in [0.5, 0.6) is 0 Å². The fourth-order valence-electron chi connectivity index (χ4n) is 4.30. The summed E-state index contributed by atoms with van der Waals surface area (Å²) in [5, 5.41) is 3.12. The van der Waals surface area contributed by atoms with Crippen LogP contribution in [-0.2, 0) is 16.0 Å². The van der Waals surface area contributed by atoms with Gasteiger partial charge in [-0.05, 0) is 50.7 Å². The summed E-state index contributed by atoms with van der Waals surface area (Å²) in [6.07, 6.45) is 8.62. The molecule has 0 saturated carbocycles. The zero-order chi connectivity index (χ0) is 21.6. The number of rotatable bonds is 7. The van der Waals surface area contributed by atoms with Gasteiger partial charge in [-0.2, -0.15) is 0 Å². The zero-order valence-corrected chi connectivity index (χ0v) is 18.2. The van der Waals surface area contributed by atoms with Crippen molar-refractivity contribution >= 4 is 11.8 Å². The van der Waals surface area contributed by atoms with Gasteiger partial charge in [-0.25, -0.2) is 9.97 Å². The van der Waals surface area contributed by atoms with Crippen molar-refractivity contribution in [2.24, 2.45) is 5.41 Å². The van der Waals surface area contributed by atoms with E-state index in [0.29, 0.717) is 19.4 Å². The molecule has 1 fully saturated rings. The van der Waals surface area contributed by atoms with Gasteiger partial charge in [0.2, 0.25) is 11.8 Å². The molecular formula is C24H32N4O2. The Hall–Kier alpha value is -2.76. The van der Waals surface area contributed by atoms with Crippen LogP contribution in [0, 0.1) is 5.41 Å². The average Bonchev–Trinajstić information content (AvgIpc) is 2.74. The molecule has 6 nitrogen and oxygen atoms in total. The SMILES string of the molecule is CCCC(=O)N1CCC[C@@](Cc2ccccc2-c2cncnc2)(C(=O)NC(C)C)C1. The lowest BCUT2D eigenvalue weighted by Gasteiger charge is -2.42. The van der Waals surface area contributed by atoms with Crippen LogP contribution in [0.3, 0.4) is 0 Å². The van der Waals surface area contributed by atoms with Gasteiger partial charge in [0.15, 0.2) is 0 Å². The highest BCUT2D eigenvalue weighted by molar-refractivity contribution is 5.85. The third-order valence-corrected chi connectivity index (χ3v) is 5.71. The van der Waals surface area contributed by atoms with Crippen molar-refractivity contribution in [3.63, 3.8) is 0 Å². The minimum atomic E-state index is -0.641. The van der Waals surface area contributed by atoms with Crippen molar-refractivity contribution in [2.75, 3.05) is 13.1 Å². The van der Waals surface area contributed by atoms with Crippen molar-refractivity contribution < 1.29 is 9.59 Å². The van der Waals surface area contributed by atoms with E-state index < -0.39 is 5.41 Å². The lowest BCUT2D eigenvalue weighted by molar-refractivity contribution is -0.142. The summed E-state index contributed by atoms with van der Waals surface area (Å²) in [5.74, 6) is 0.175. The molecule has 30 heavy (non-hydrogen) atoms. The molecule has 1 aliphatic rings. The van der Waals surface area contributed by atoms with Gasteiger partial charge in [0, 0.05) is 43.5 Å². The molecule has 3 rings (SSSR count). The third-order valence-electron chi connectivity index (χ3n) is 5.71. The van der Waals surface area contributed by atoms with Crippen LogP contribution < -0.4 is 5.32 Å². The van der Waals surface area contributed by atoms with E-state index in [4.69, 9.17) is 0 Å². The van der Waals surface area contributed by atoms with E-state index in [1.807, 2.05) is 43.9 Å². The standard InChI is InChI=1S/C24H32N4O2/c1-4-8-22(29)28-12-7-11-24(16-28,23(30)27-18(2)3)13-19-9-5-6-10-21(19)20-14-25-17-26-15-20/h5-6,9-10,14-15,17-18H,4,7-8,11-13,16H2,1-3H3,(H,27,30)/t24-/m0/s1. The molecule has 0 spiro atoms. The summed E-state index contributed by atoms with van der Waals surface area (Å²) in [4.78, 5) is 36.3. The number of aromatic nitrogens is 2. The Morgan fingerprint density at radius 3 is 2.63 bits per heavy atom. The molecule has 1 aliphatic heterocycles. The first kappa shape index (κ1) is 21.9. The zero-order valence-electron chi connectivity index (χ0n) is 18.2. The molecule has 2 aromatic rings. The molecule has 160 valence electrons. The smallest absolute Gasteiger partial charge is 0.228 e. The molecule has 1 aromatic carbocycles. The molecule has 0 radical (unpaired) electrons. The number of likely N-dealkylation sites (tertiary alicyclic amines) is 1. The number of hydrogen-bond donors (Lipinski definition) is 1. The largest absolute Gasteiger partial charge is 0.353 e. The predicted molar refractivity (Wildman–Crippen MR) is 118 cm³/mol. The summed E-state index contributed by atoms with van der Waals surface area (Å²) >= 11 is 0. The molecule has 0 unspecified atom stereocenters. The normalized spacial score (nSPS) is 19.0. The average molecular weight is 409 g/mol. The summed E-state index contributed by atoms with van der Waals surface area (Å²) in [6.45, 7) is 7.15. The maximum atomic E-state index is 13.4. The minimum Gasteiger partial charge on any atom is -0.353 e. The summed E-state index contributed by atoms with van der Waals surface area (Å²) in [7, 11) is 0. The van der Waals surface area contributed by atoms with E-state index in [2.05, 4.69) is 21.4 Å². The Balaban J connectivity index is 1.97. The first-order valence-corrected chi connectivity index (χ1v) is 10.9. The second-order valence-electron chi connectivity index (χ2n) is 8.54. The molecular weight excluding hydrogens is 376 g/mol. The van der Waals surface area contributed by atoms with E-state index >= 15 is 0 Å². The maximum Gasteiger partial charge on any atom is 0.228 e. The van der Waals surface area contributed by atoms with Crippen molar-refractivity contribution in [2.45, 2.75) is 58.9 Å². The van der Waals surface area contributed by atoms with Gasteiger partial charge in [0.1, 0.15) is 6.33 Å². The summed E-state index contributed by atoms with van der Waals surface area (Å²) in [6, 6.07) is 8.16. The number of amides is 2. The monoisotopic (exact) mass is 408 g/mol. The quantitative estimate of drug-likeness (QED) is 0.759. The van der Waals surface area contributed by atoms with Crippen LogP contribution in [-0.4, -0.2) is 45.8 Å². The van der Waals surface area contributed by atoms with Crippen LogP contribution in [0.15, 0.2) is 43.0 Å². The predicted octanol–water partition coefficient (Wildman–Crippen LogP) is 3.62. The van der Waals surface area contributed by atoms with Gasteiger partial charge in [-0.1, -0.05) is 31.2 Å². The summed E-state index contributed by atoms with van der Waals surface area (Å²) < 4.78 is 0. The molecule has 1 saturated heterocycles. The van der Waals surface area contributed by atoms with Gasteiger partial charge in [-0.3, -0.25) is 9.59 Å². The molecule has 2 heterocycles. The number of nitrogens with zero attached hydrogens (tertiary/aromatic N) is 3. The molecule has 0 aliphatic carbocycles.